The SMILES string of the molecule is O=C(O)c1cccc(SC(c2cccc(OCc3ccc4ccc(Cl)cc4n3)c2)c2cccc(C(=O)O)c2)c1. The Hall–Kier alpha value is -4.33. The van der Waals surface area contributed by atoms with Crippen molar-refractivity contribution in [2.75, 3.05) is 0 Å². The van der Waals surface area contributed by atoms with Gasteiger partial charge in [-0.25, -0.2) is 14.6 Å². The molecule has 0 fully saturated rings. The van der Waals surface area contributed by atoms with Crippen LogP contribution in [0.15, 0.2) is 108 Å². The second-order valence-corrected chi connectivity index (χ2v) is 10.4. The molecule has 194 valence electrons. The lowest BCUT2D eigenvalue weighted by Crippen LogP contribution is -2.03. The van der Waals surface area contributed by atoms with Gasteiger partial charge in [0.15, 0.2) is 0 Å². The third-order valence-electron chi connectivity index (χ3n) is 6.03. The van der Waals surface area contributed by atoms with E-state index in [0.29, 0.717) is 10.8 Å². The number of nitrogens with zero attached hydrogens (tertiary/aromatic N) is 1. The first-order valence-corrected chi connectivity index (χ1v) is 13.2. The number of hydrogen-bond acceptors (Lipinski definition) is 5. The van der Waals surface area contributed by atoms with Crippen LogP contribution in [0.5, 0.6) is 5.75 Å². The number of hydrogen-bond donors (Lipinski definition) is 2. The lowest BCUT2D eigenvalue weighted by molar-refractivity contribution is 0.0686. The van der Waals surface area contributed by atoms with Crippen LogP contribution in [0.1, 0.15) is 42.8 Å². The number of carbonyl (C=O) groups is 2. The van der Waals surface area contributed by atoms with Crippen LogP contribution >= 0.6 is 23.4 Å². The lowest BCUT2D eigenvalue weighted by atomic mass is 10.0. The molecule has 0 spiro atoms. The molecule has 5 rings (SSSR count). The normalized spacial score (nSPS) is 11.7. The molecule has 0 radical (unpaired) electrons. The number of pyridine rings is 1. The summed E-state index contributed by atoms with van der Waals surface area (Å²) in [5.74, 6) is -1.41. The van der Waals surface area contributed by atoms with Crippen molar-refractivity contribution in [1.29, 1.82) is 0 Å². The molecule has 1 unspecified atom stereocenters. The van der Waals surface area contributed by atoms with E-state index in [9.17, 15) is 19.8 Å². The fourth-order valence-electron chi connectivity index (χ4n) is 4.14. The number of thioether (sulfide) groups is 1. The molecule has 5 aromatic rings. The molecular formula is C31H22ClNO5S. The number of fused-ring (bicyclic) bond motifs is 1. The zero-order valence-electron chi connectivity index (χ0n) is 20.5. The molecule has 0 aliphatic heterocycles. The molecule has 0 amide bonds. The molecule has 4 aromatic carbocycles. The highest BCUT2D eigenvalue weighted by atomic mass is 35.5. The quantitative estimate of drug-likeness (QED) is 0.179. The second kappa shape index (κ2) is 11.6. The van der Waals surface area contributed by atoms with Gasteiger partial charge in [0, 0.05) is 15.3 Å². The first-order chi connectivity index (χ1) is 18.9. The number of aromatic nitrogens is 1. The van der Waals surface area contributed by atoms with Crippen LogP contribution in [0.25, 0.3) is 10.9 Å². The van der Waals surface area contributed by atoms with Crippen molar-refractivity contribution in [2.24, 2.45) is 0 Å². The van der Waals surface area contributed by atoms with E-state index >= 15 is 0 Å². The third-order valence-corrected chi connectivity index (χ3v) is 7.57. The Balaban J connectivity index is 1.44. The van der Waals surface area contributed by atoms with E-state index in [4.69, 9.17) is 16.3 Å². The summed E-state index contributed by atoms with van der Waals surface area (Å²) in [5.41, 5.74) is 3.54. The Morgan fingerprint density at radius 2 is 1.46 bits per heavy atom. The summed E-state index contributed by atoms with van der Waals surface area (Å²) in [5, 5.41) is 20.3. The van der Waals surface area contributed by atoms with Crippen LogP contribution < -0.4 is 4.74 Å². The number of carboxylic acid groups (broad SMARTS) is 2. The predicted molar refractivity (Wildman–Crippen MR) is 152 cm³/mol. The number of halogens is 1. The van der Waals surface area contributed by atoms with E-state index < -0.39 is 11.9 Å². The number of aromatic carboxylic acids is 2. The molecule has 0 saturated heterocycles. The van der Waals surface area contributed by atoms with Gasteiger partial charge in [-0.1, -0.05) is 54.1 Å². The summed E-state index contributed by atoms with van der Waals surface area (Å²) in [6, 6.07) is 30.4. The third kappa shape index (κ3) is 6.39. The van der Waals surface area contributed by atoms with Gasteiger partial charge >= 0.3 is 11.9 Å². The maximum atomic E-state index is 11.7. The fourth-order valence-corrected chi connectivity index (χ4v) is 5.50. The summed E-state index contributed by atoms with van der Waals surface area (Å²) < 4.78 is 6.08. The number of carboxylic acids is 2. The van der Waals surface area contributed by atoms with E-state index in [1.165, 1.54) is 17.8 Å². The van der Waals surface area contributed by atoms with Gasteiger partial charge in [0.25, 0.3) is 0 Å². The minimum Gasteiger partial charge on any atom is -0.487 e. The zero-order valence-corrected chi connectivity index (χ0v) is 22.0. The molecular weight excluding hydrogens is 534 g/mol. The monoisotopic (exact) mass is 555 g/mol. The maximum absolute atomic E-state index is 11.7. The van der Waals surface area contributed by atoms with Gasteiger partial charge in [-0.3, -0.25) is 0 Å². The number of rotatable bonds is 9. The van der Waals surface area contributed by atoms with Crippen molar-refractivity contribution in [1.82, 2.24) is 4.98 Å². The van der Waals surface area contributed by atoms with Crippen LogP contribution in [0.4, 0.5) is 0 Å². The van der Waals surface area contributed by atoms with Crippen LogP contribution in [0.3, 0.4) is 0 Å². The van der Waals surface area contributed by atoms with Crippen molar-refractivity contribution in [3.8, 4) is 5.75 Å². The van der Waals surface area contributed by atoms with Crippen molar-refractivity contribution in [2.45, 2.75) is 16.8 Å². The molecule has 8 heteroatoms. The fraction of sp³-hybridized carbons (Fsp3) is 0.0645. The first-order valence-electron chi connectivity index (χ1n) is 12.0. The van der Waals surface area contributed by atoms with Crippen LogP contribution in [-0.2, 0) is 6.61 Å². The van der Waals surface area contributed by atoms with Crippen LogP contribution in [0, 0.1) is 0 Å². The Kier molecular flexibility index (Phi) is 7.81. The topological polar surface area (TPSA) is 96.7 Å². The van der Waals surface area contributed by atoms with Gasteiger partial charge in [0.1, 0.15) is 12.4 Å². The lowest BCUT2D eigenvalue weighted by Gasteiger charge is -2.19. The van der Waals surface area contributed by atoms with Gasteiger partial charge in [-0.15, -0.1) is 11.8 Å². The number of benzene rings is 4. The Bertz CT molecular complexity index is 1690. The average Bonchev–Trinajstić information content (AvgIpc) is 2.95. The summed E-state index contributed by atoms with van der Waals surface area (Å²) in [7, 11) is 0. The minimum absolute atomic E-state index is 0.173. The summed E-state index contributed by atoms with van der Waals surface area (Å²) in [6.45, 7) is 0.249. The molecule has 39 heavy (non-hydrogen) atoms. The summed E-state index contributed by atoms with van der Waals surface area (Å²) in [4.78, 5) is 28.6. The van der Waals surface area contributed by atoms with Crippen molar-refractivity contribution in [3.05, 3.63) is 136 Å². The summed E-state index contributed by atoms with van der Waals surface area (Å²) in [6.07, 6.45) is 0. The van der Waals surface area contributed by atoms with Crippen LogP contribution in [-0.4, -0.2) is 27.1 Å². The molecule has 0 aliphatic carbocycles. The van der Waals surface area contributed by atoms with E-state index in [1.54, 1.807) is 30.3 Å². The average molecular weight is 556 g/mol. The highest BCUT2D eigenvalue weighted by molar-refractivity contribution is 7.99. The smallest absolute Gasteiger partial charge is 0.335 e. The van der Waals surface area contributed by atoms with Crippen molar-refractivity contribution in [3.63, 3.8) is 0 Å². The Morgan fingerprint density at radius 3 is 2.23 bits per heavy atom. The van der Waals surface area contributed by atoms with E-state index in [2.05, 4.69) is 4.98 Å². The van der Waals surface area contributed by atoms with Gasteiger partial charge in [0.05, 0.1) is 27.6 Å². The van der Waals surface area contributed by atoms with E-state index in [-0.39, 0.29) is 23.0 Å². The van der Waals surface area contributed by atoms with E-state index in [1.807, 2.05) is 66.7 Å². The predicted octanol–water partition coefficient (Wildman–Crippen LogP) is 7.75. The number of ether oxygens (including phenoxy) is 1. The minimum atomic E-state index is -1.02. The van der Waals surface area contributed by atoms with Crippen molar-refractivity contribution < 1.29 is 24.5 Å². The van der Waals surface area contributed by atoms with Gasteiger partial charge in [-0.2, -0.15) is 0 Å². The molecule has 0 bridgehead atoms. The molecule has 1 atom stereocenters. The largest absolute Gasteiger partial charge is 0.487 e. The highest BCUT2D eigenvalue weighted by Gasteiger charge is 2.19. The van der Waals surface area contributed by atoms with E-state index in [0.717, 1.165) is 32.6 Å². The maximum Gasteiger partial charge on any atom is 0.335 e. The molecule has 2 N–H and O–H groups in total. The Labute approximate surface area is 233 Å². The Morgan fingerprint density at radius 1 is 0.795 bits per heavy atom. The first kappa shape index (κ1) is 26.3. The van der Waals surface area contributed by atoms with Crippen LogP contribution in [0.2, 0.25) is 5.02 Å². The van der Waals surface area contributed by atoms with Gasteiger partial charge in [-0.05, 0) is 71.8 Å². The highest BCUT2D eigenvalue weighted by Crippen LogP contribution is 2.42. The van der Waals surface area contributed by atoms with Crippen molar-refractivity contribution >= 4 is 46.2 Å². The van der Waals surface area contributed by atoms with Gasteiger partial charge < -0.3 is 14.9 Å². The molecule has 1 aromatic heterocycles. The second-order valence-electron chi connectivity index (χ2n) is 8.76. The summed E-state index contributed by atoms with van der Waals surface area (Å²) >= 11 is 7.55. The molecule has 6 nitrogen and oxygen atoms in total. The van der Waals surface area contributed by atoms with Gasteiger partial charge in [0.2, 0.25) is 0 Å². The molecule has 1 heterocycles. The zero-order chi connectivity index (χ0) is 27.4. The molecule has 0 saturated carbocycles. The molecule has 0 aliphatic rings. The standard InChI is InChI=1S/C31H22ClNO5S/c32-24-12-10-19-11-13-25(33-28(19)17-24)18-38-26-8-2-5-21(15-26)29(20-4-1-6-22(14-20)30(34)35)39-27-9-3-7-23(16-27)31(36)37/h1-17,29H,18H2,(H,34,35)(H,36,37).